The molecule has 1 rings (SSSR count). The molecule has 1 aromatic carbocycles. The molecule has 0 saturated carbocycles. The summed E-state index contributed by atoms with van der Waals surface area (Å²) in [5.41, 5.74) is 4.96. The van der Waals surface area contributed by atoms with Crippen LogP contribution in [-0.2, 0) is 0 Å². The Labute approximate surface area is 70.8 Å². The van der Waals surface area contributed by atoms with Gasteiger partial charge < -0.3 is 0 Å². The van der Waals surface area contributed by atoms with Gasteiger partial charge in [-0.2, -0.15) is 0 Å². The minimum atomic E-state index is 0.0799. The molecule has 0 aliphatic heterocycles. The monoisotopic (exact) mass is 162 g/mol. The molecule has 0 N–H and O–H groups in total. The Kier molecular flexibility index (Phi) is 3.11. The van der Waals surface area contributed by atoms with Crippen molar-refractivity contribution in [3.05, 3.63) is 41.1 Å². The molecule has 0 bridgehead atoms. The highest BCUT2D eigenvalue weighted by Crippen LogP contribution is 2.04. The van der Waals surface area contributed by atoms with Crippen LogP contribution in [-0.4, -0.2) is 9.52 Å². The van der Waals surface area contributed by atoms with E-state index in [1.54, 1.807) is 0 Å². The first-order valence-corrected chi connectivity index (χ1v) is 6.29. The molecule has 0 aliphatic rings. The van der Waals surface area contributed by atoms with E-state index in [0.29, 0.717) is 0 Å². The van der Waals surface area contributed by atoms with Crippen LogP contribution < -0.4 is 0 Å². The highest BCUT2D eigenvalue weighted by atomic mass is 28.2. The molecule has 11 heavy (non-hydrogen) atoms. The zero-order valence-electron chi connectivity index (χ0n) is 7.17. The van der Waals surface area contributed by atoms with Crippen LogP contribution in [0, 0.1) is 6.92 Å². The van der Waals surface area contributed by atoms with Crippen LogP contribution in [0.1, 0.15) is 11.1 Å². The van der Waals surface area contributed by atoms with Gasteiger partial charge in [-0.25, -0.2) is 0 Å². The first-order chi connectivity index (χ1) is 5.33. The Hall–Kier alpha value is -0.823. The van der Waals surface area contributed by atoms with Gasteiger partial charge in [0.25, 0.3) is 0 Å². The lowest BCUT2D eigenvalue weighted by atomic mass is 10.2. The second-order valence-corrected chi connectivity index (χ2v) is 4.01. The fourth-order valence-corrected chi connectivity index (χ4v) is 1.44. The first kappa shape index (κ1) is 8.28. The summed E-state index contributed by atoms with van der Waals surface area (Å²) in [4.78, 5) is 0. The Morgan fingerprint density at radius 3 is 2.36 bits per heavy atom. The third-order valence-electron chi connectivity index (χ3n) is 1.62. The summed E-state index contributed by atoms with van der Waals surface area (Å²) in [6, 6.07) is 8.62. The van der Waals surface area contributed by atoms with Crippen LogP contribution in [0.2, 0.25) is 6.55 Å². The van der Waals surface area contributed by atoms with Crippen molar-refractivity contribution in [1.82, 2.24) is 0 Å². The number of hydrogen-bond acceptors (Lipinski definition) is 0. The van der Waals surface area contributed by atoms with Gasteiger partial charge in [0.05, 0.1) is 0 Å². The Balaban J connectivity index is 2.73. The largest absolute Gasteiger partial charge is 0.101 e. The number of benzene rings is 1. The van der Waals surface area contributed by atoms with E-state index in [1.807, 2.05) is 0 Å². The third kappa shape index (κ3) is 2.72. The summed E-state index contributed by atoms with van der Waals surface area (Å²) in [7, 11) is 0.0799. The molecule has 1 heteroatoms. The fourth-order valence-electron chi connectivity index (χ4n) is 0.931. The van der Waals surface area contributed by atoms with E-state index in [1.165, 1.54) is 11.1 Å². The lowest BCUT2D eigenvalue weighted by molar-refractivity contribution is 1.46. The topological polar surface area (TPSA) is 0 Å². The van der Waals surface area contributed by atoms with Crippen LogP contribution >= 0.6 is 0 Å². The van der Waals surface area contributed by atoms with Gasteiger partial charge in [-0.05, 0) is 12.5 Å². The highest BCUT2D eigenvalue weighted by molar-refractivity contribution is 6.41. The van der Waals surface area contributed by atoms with Crippen molar-refractivity contribution in [3.63, 3.8) is 0 Å². The van der Waals surface area contributed by atoms with Crippen molar-refractivity contribution in [2.45, 2.75) is 13.5 Å². The predicted molar refractivity (Wildman–Crippen MR) is 54.6 cm³/mol. The molecule has 0 nitrogen and oxygen atoms in total. The highest BCUT2D eigenvalue weighted by Gasteiger charge is 1.84. The number of rotatable bonds is 2. The Morgan fingerprint density at radius 1 is 1.18 bits per heavy atom. The van der Waals surface area contributed by atoms with E-state index in [2.05, 4.69) is 49.5 Å². The molecule has 1 aromatic rings. The molecule has 0 heterocycles. The van der Waals surface area contributed by atoms with E-state index < -0.39 is 0 Å². The normalized spacial score (nSPS) is 11.8. The summed E-state index contributed by atoms with van der Waals surface area (Å²) in [6.45, 7) is 4.40. The van der Waals surface area contributed by atoms with E-state index in [9.17, 15) is 0 Å². The number of aryl methyl sites for hydroxylation is 1. The van der Waals surface area contributed by atoms with Crippen molar-refractivity contribution in [2.75, 3.05) is 0 Å². The minimum Gasteiger partial charge on any atom is -0.101 e. The fraction of sp³-hybridized carbons (Fsp3) is 0.200. The minimum absolute atomic E-state index is 0.0799. The van der Waals surface area contributed by atoms with Gasteiger partial charge in [0, 0.05) is 9.52 Å². The smallest absolute Gasteiger partial charge is 0.0423 e. The van der Waals surface area contributed by atoms with Crippen molar-refractivity contribution in [3.8, 4) is 0 Å². The summed E-state index contributed by atoms with van der Waals surface area (Å²) < 4.78 is 0. The number of hydrogen-bond donors (Lipinski definition) is 0. The van der Waals surface area contributed by atoms with Crippen molar-refractivity contribution < 1.29 is 0 Å². The van der Waals surface area contributed by atoms with Crippen LogP contribution in [0.15, 0.2) is 30.0 Å². The van der Waals surface area contributed by atoms with Gasteiger partial charge in [-0.1, -0.05) is 42.5 Å². The van der Waals surface area contributed by atoms with E-state index >= 15 is 0 Å². The van der Waals surface area contributed by atoms with Gasteiger partial charge in [-0.3, -0.25) is 0 Å². The van der Waals surface area contributed by atoms with Crippen molar-refractivity contribution in [2.24, 2.45) is 0 Å². The zero-order valence-corrected chi connectivity index (χ0v) is 8.59. The quantitative estimate of drug-likeness (QED) is 0.585. The van der Waals surface area contributed by atoms with Crippen molar-refractivity contribution in [1.29, 1.82) is 0 Å². The molecule has 0 aromatic heterocycles. The van der Waals surface area contributed by atoms with Gasteiger partial charge in [0.15, 0.2) is 0 Å². The van der Waals surface area contributed by atoms with Gasteiger partial charge >= 0.3 is 0 Å². The van der Waals surface area contributed by atoms with Gasteiger partial charge in [0.1, 0.15) is 0 Å². The second-order valence-electron chi connectivity index (χ2n) is 2.72. The molecular formula is C10H14Si. The van der Waals surface area contributed by atoms with E-state index in [0.717, 1.165) is 0 Å². The average Bonchev–Trinajstić information content (AvgIpc) is 2.04. The lowest BCUT2D eigenvalue weighted by Crippen LogP contribution is -1.75. The van der Waals surface area contributed by atoms with Crippen LogP contribution in [0.5, 0.6) is 0 Å². The van der Waals surface area contributed by atoms with E-state index in [4.69, 9.17) is 0 Å². The van der Waals surface area contributed by atoms with Crippen molar-refractivity contribution >= 4 is 15.6 Å². The lowest BCUT2D eigenvalue weighted by Gasteiger charge is -1.93. The molecule has 0 fully saturated rings. The molecule has 0 atom stereocenters. The average molecular weight is 162 g/mol. The van der Waals surface area contributed by atoms with Crippen LogP contribution in [0.3, 0.4) is 0 Å². The SMILES string of the molecule is C[SiH2]C=Cc1ccc(C)cc1. The molecule has 0 amide bonds. The maximum Gasteiger partial charge on any atom is 0.0423 e. The van der Waals surface area contributed by atoms with E-state index in [-0.39, 0.29) is 9.52 Å². The second kappa shape index (κ2) is 4.14. The maximum atomic E-state index is 2.31. The zero-order chi connectivity index (χ0) is 8.10. The summed E-state index contributed by atoms with van der Waals surface area (Å²) in [6.07, 6.45) is 2.21. The molecule has 0 saturated heterocycles. The summed E-state index contributed by atoms with van der Waals surface area (Å²) in [5, 5.41) is 0. The Morgan fingerprint density at radius 2 is 1.82 bits per heavy atom. The van der Waals surface area contributed by atoms with Crippen LogP contribution in [0.25, 0.3) is 6.08 Å². The molecule has 0 unspecified atom stereocenters. The first-order valence-electron chi connectivity index (χ1n) is 4.06. The predicted octanol–water partition coefficient (Wildman–Crippen LogP) is 2.18. The molecule has 0 aliphatic carbocycles. The molecule has 0 spiro atoms. The molecule has 58 valence electrons. The summed E-state index contributed by atoms with van der Waals surface area (Å²) >= 11 is 0. The third-order valence-corrected chi connectivity index (χ3v) is 2.33. The van der Waals surface area contributed by atoms with Gasteiger partial charge in [-0.15, -0.1) is 5.70 Å². The molecular weight excluding hydrogens is 148 g/mol. The van der Waals surface area contributed by atoms with Gasteiger partial charge in [0.2, 0.25) is 0 Å². The summed E-state index contributed by atoms with van der Waals surface area (Å²) in [5.74, 6) is 0. The molecule has 0 radical (unpaired) electrons. The van der Waals surface area contributed by atoms with Crippen LogP contribution in [0.4, 0.5) is 0 Å². The Bertz CT molecular complexity index is 234. The standard InChI is InChI=1S/C10H14Si/c1-9-3-5-10(6-4-9)7-8-11-2/h3-8H,11H2,1-2H3. The maximum absolute atomic E-state index is 2.31.